The molecule has 0 atom stereocenters. The second-order valence-corrected chi connectivity index (χ2v) is 4.17. The molecule has 100 valence electrons. The molecule has 6 nitrogen and oxygen atoms in total. The maximum atomic E-state index is 11.4. The maximum Gasteiger partial charge on any atom is 0.321 e. The minimum atomic E-state index is -0.230. The molecule has 0 spiro atoms. The van der Waals surface area contributed by atoms with Crippen molar-refractivity contribution in [3.8, 4) is 0 Å². The number of hydrogen-bond acceptors (Lipinski definition) is 4. The molecule has 6 heteroatoms. The van der Waals surface area contributed by atoms with Crippen LogP contribution in [0.5, 0.6) is 0 Å². The minimum Gasteiger partial charge on any atom is -0.449 e. The number of carbonyl (C=O) groups excluding carboxylic acids is 1. The Morgan fingerprint density at radius 3 is 2.94 bits per heavy atom. The normalized spacial score (nSPS) is 16.4. The third-order valence-electron chi connectivity index (χ3n) is 2.80. The molecular formula is C12H19N3O3. The summed E-state index contributed by atoms with van der Waals surface area (Å²) in [4.78, 5) is 13.8. The van der Waals surface area contributed by atoms with Gasteiger partial charge in [-0.1, -0.05) is 0 Å². The van der Waals surface area contributed by atoms with Crippen molar-refractivity contribution in [3.63, 3.8) is 0 Å². The van der Waals surface area contributed by atoms with Crippen molar-refractivity contribution in [1.29, 1.82) is 0 Å². The monoisotopic (exact) mass is 253 g/mol. The summed E-state index contributed by atoms with van der Waals surface area (Å²) < 4.78 is 10.3. The molecule has 0 bridgehead atoms. The van der Waals surface area contributed by atoms with E-state index in [0.717, 1.165) is 39.3 Å². The smallest absolute Gasteiger partial charge is 0.321 e. The number of ether oxygens (including phenoxy) is 1. The summed E-state index contributed by atoms with van der Waals surface area (Å²) in [6.45, 7) is 5.24. The number of hydrogen-bond donors (Lipinski definition) is 2. The van der Waals surface area contributed by atoms with Gasteiger partial charge in [-0.2, -0.15) is 0 Å². The first-order chi connectivity index (χ1) is 8.84. The van der Waals surface area contributed by atoms with Crippen molar-refractivity contribution < 1.29 is 13.9 Å². The van der Waals surface area contributed by atoms with Gasteiger partial charge in [-0.05, 0) is 19.0 Å². The van der Waals surface area contributed by atoms with E-state index in [0.29, 0.717) is 12.4 Å². The molecule has 1 aromatic rings. The molecular weight excluding hydrogens is 234 g/mol. The first kappa shape index (κ1) is 12.9. The number of furan rings is 1. The predicted molar refractivity (Wildman–Crippen MR) is 67.6 cm³/mol. The Morgan fingerprint density at radius 1 is 1.39 bits per heavy atom. The van der Waals surface area contributed by atoms with Gasteiger partial charge in [-0.15, -0.1) is 0 Å². The number of nitrogens with zero attached hydrogens (tertiary/aromatic N) is 1. The van der Waals surface area contributed by atoms with Gasteiger partial charge in [-0.3, -0.25) is 10.2 Å². The van der Waals surface area contributed by atoms with E-state index in [1.54, 1.807) is 12.1 Å². The van der Waals surface area contributed by atoms with Crippen LogP contribution < -0.4 is 10.6 Å². The van der Waals surface area contributed by atoms with Gasteiger partial charge < -0.3 is 14.5 Å². The van der Waals surface area contributed by atoms with E-state index >= 15 is 0 Å². The minimum absolute atomic E-state index is 0.230. The number of carbonyl (C=O) groups is 1. The van der Waals surface area contributed by atoms with Gasteiger partial charge in [0.25, 0.3) is 0 Å². The molecule has 2 rings (SSSR count). The molecule has 1 aliphatic heterocycles. The number of rotatable bonds is 5. The molecule has 0 saturated carbocycles. The van der Waals surface area contributed by atoms with E-state index in [1.807, 2.05) is 0 Å². The fourth-order valence-corrected chi connectivity index (χ4v) is 1.84. The highest BCUT2D eigenvalue weighted by Gasteiger charge is 2.09. The Morgan fingerprint density at radius 2 is 2.22 bits per heavy atom. The van der Waals surface area contributed by atoms with Crippen LogP contribution in [-0.2, 0) is 4.74 Å². The summed E-state index contributed by atoms with van der Waals surface area (Å²) in [6, 6.07) is 3.20. The van der Waals surface area contributed by atoms with Gasteiger partial charge in [0.1, 0.15) is 0 Å². The number of anilines is 1. The summed E-state index contributed by atoms with van der Waals surface area (Å²) in [5.74, 6) is 0.459. The van der Waals surface area contributed by atoms with Crippen LogP contribution in [0.4, 0.5) is 10.7 Å². The molecule has 1 fully saturated rings. The molecule has 2 heterocycles. The van der Waals surface area contributed by atoms with E-state index < -0.39 is 0 Å². The van der Waals surface area contributed by atoms with E-state index in [2.05, 4.69) is 15.5 Å². The maximum absolute atomic E-state index is 11.4. The number of morpholine rings is 1. The van der Waals surface area contributed by atoms with Gasteiger partial charge in [0.05, 0.1) is 19.5 Å². The zero-order chi connectivity index (χ0) is 12.6. The SMILES string of the molecule is O=C(NCCCN1CCOCC1)Nc1ccco1. The Labute approximate surface area is 106 Å². The van der Waals surface area contributed by atoms with Crippen molar-refractivity contribution in [2.45, 2.75) is 6.42 Å². The van der Waals surface area contributed by atoms with E-state index in [4.69, 9.17) is 9.15 Å². The van der Waals surface area contributed by atoms with Gasteiger partial charge in [0, 0.05) is 25.7 Å². The van der Waals surface area contributed by atoms with Crippen LogP contribution in [0.25, 0.3) is 0 Å². The lowest BCUT2D eigenvalue weighted by Gasteiger charge is -2.26. The molecule has 2 amide bonds. The van der Waals surface area contributed by atoms with Crippen molar-refractivity contribution in [2.24, 2.45) is 0 Å². The molecule has 1 saturated heterocycles. The van der Waals surface area contributed by atoms with E-state index in [-0.39, 0.29) is 6.03 Å². The molecule has 1 aromatic heterocycles. The predicted octanol–water partition coefficient (Wildman–Crippen LogP) is 1.12. The van der Waals surface area contributed by atoms with Crippen LogP contribution in [0.3, 0.4) is 0 Å². The third kappa shape index (κ3) is 4.38. The molecule has 18 heavy (non-hydrogen) atoms. The summed E-state index contributed by atoms with van der Waals surface area (Å²) in [7, 11) is 0. The van der Waals surface area contributed by atoms with E-state index in [1.165, 1.54) is 6.26 Å². The Balaban J connectivity index is 1.53. The van der Waals surface area contributed by atoms with Crippen molar-refractivity contribution in [2.75, 3.05) is 44.7 Å². The second-order valence-electron chi connectivity index (χ2n) is 4.17. The highest BCUT2D eigenvalue weighted by molar-refractivity contribution is 5.87. The average Bonchev–Trinajstić information content (AvgIpc) is 2.89. The number of amides is 2. The fourth-order valence-electron chi connectivity index (χ4n) is 1.84. The molecule has 0 radical (unpaired) electrons. The summed E-state index contributed by atoms with van der Waals surface area (Å²) in [6.07, 6.45) is 2.46. The number of urea groups is 1. The summed E-state index contributed by atoms with van der Waals surface area (Å²) in [5, 5.41) is 5.40. The quantitative estimate of drug-likeness (QED) is 0.772. The summed E-state index contributed by atoms with van der Waals surface area (Å²) >= 11 is 0. The first-order valence-corrected chi connectivity index (χ1v) is 6.23. The zero-order valence-corrected chi connectivity index (χ0v) is 10.4. The molecule has 1 aliphatic rings. The van der Waals surface area contributed by atoms with Gasteiger partial charge in [0.2, 0.25) is 5.88 Å². The average molecular weight is 253 g/mol. The lowest BCUT2D eigenvalue weighted by Crippen LogP contribution is -2.38. The third-order valence-corrected chi connectivity index (χ3v) is 2.80. The van der Waals surface area contributed by atoms with Crippen molar-refractivity contribution in [3.05, 3.63) is 18.4 Å². The van der Waals surface area contributed by atoms with Crippen LogP contribution in [0, 0.1) is 0 Å². The zero-order valence-electron chi connectivity index (χ0n) is 10.4. The van der Waals surface area contributed by atoms with E-state index in [9.17, 15) is 4.79 Å². The van der Waals surface area contributed by atoms with Crippen LogP contribution >= 0.6 is 0 Å². The van der Waals surface area contributed by atoms with Gasteiger partial charge >= 0.3 is 6.03 Å². The van der Waals surface area contributed by atoms with Gasteiger partial charge in [0.15, 0.2) is 0 Å². The highest BCUT2D eigenvalue weighted by atomic mass is 16.5. The second kappa shape index (κ2) is 7.03. The lowest BCUT2D eigenvalue weighted by molar-refractivity contribution is 0.0375. The summed E-state index contributed by atoms with van der Waals surface area (Å²) in [5.41, 5.74) is 0. The highest BCUT2D eigenvalue weighted by Crippen LogP contribution is 2.05. The van der Waals surface area contributed by atoms with Crippen LogP contribution in [0.1, 0.15) is 6.42 Å². The lowest BCUT2D eigenvalue weighted by atomic mass is 10.3. The molecule has 0 unspecified atom stereocenters. The molecule has 2 N–H and O–H groups in total. The van der Waals surface area contributed by atoms with Crippen LogP contribution in [0.2, 0.25) is 0 Å². The van der Waals surface area contributed by atoms with Crippen LogP contribution in [0.15, 0.2) is 22.8 Å². The largest absolute Gasteiger partial charge is 0.449 e. The fraction of sp³-hybridized carbons (Fsp3) is 0.583. The van der Waals surface area contributed by atoms with Crippen molar-refractivity contribution in [1.82, 2.24) is 10.2 Å². The van der Waals surface area contributed by atoms with Crippen molar-refractivity contribution >= 4 is 11.9 Å². The first-order valence-electron chi connectivity index (χ1n) is 6.23. The van der Waals surface area contributed by atoms with Crippen LogP contribution in [-0.4, -0.2) is 50.3 Å². The number of nitrogens with one attached hydrogen (secondary N) is 2. The molecule has 0 aliphatic carbocycles. The molecule has 0 aromatic carbocycles. The topological polar surface area (TPSA) is 66.7 Å². The van der Waals surface area contributed by atoms with Gasteiger partial charge in [-0.25, -0.2) is 4.79 Å². The Bertz CT molecular complexity index is 347. The Hall–Kier alpha value is -1.53. The standard InChI is InChI=1S/C12H19N3O3/c16-12(14-11-3-1-8-18-11)13-4-2-5-15-6-9-17-10-7-15/h1,3,8H,2,4-7,9-10H2,(H2,13,14,16). The Kier molecular flexibility index (Phi) is 5.04.